The van der Waals surface area contributed by atoms with Crippen LogP contribution in [0.3, 0.4) is 0 Å². The number of aromatic nitrogens is 6. The third-order valence-electron chi connectivity index (χ3n) is 3.11. The van der Waals surface area contributed by atoms with Crippen LogP contribution in [0.5, 0.6) is 0 Å². The molecular weight excluding hydrogens is 264 g/mol. The summed E-state index contributed by atoms with van der Waals surface area (Å²) in [4.78, 5) is 13.0. The van der Waals surface area contributed by atoms with Crippen molar-refractivity contribution in [3.8, 4) is 22.9 Å². The van der Waals surface area contributed by atoms with Crippen molar-refractivity contribution in [2.24, 2.45) is 0 Å². The molecule has 0 bridgehead atoms. The van der Waals surface area contributed by atoms with Crippen LogP contribution < -0.4 is 0 Å². The van der Waals surface area contributed by atoms with Gasteiger partial charge in [0.05, 0.1) is 11.2 Å². The van der Waals surface area contributed by atoms with Gasteiger partial charge in [-0.3, -0.25) is 0 Å². The van der Waals surface area contributed by atoms with Crippen LogP contribution in [-0.2, 0) is 0 Å². The lowest BCUT2D eigenvalue weighted by Crippen LogP contribution is -1.92. The Morgan fingerprint density at radius 2 is 1.67 bits per heavy atom. The van der Waals surface area contributed by atoms with Crippen LogP contribution in [0.25, 0.3) is 28.4 Å². The Balaban J connectivity index is 1.87. The molecule has 0 atom stereocenters. The molecule has 0 saturated heterocycles. The van der Waals surface area contributed by atoms with Crippen molar-refractivity contribution in [2.75, 3.05) is 0 Å². The Hall–Kier alpha value is -3.15. The van der Waals surface area contributed by atoms with Gasteiger partial charge in [-0.15, -0.1) is 5.10 Å². The molecule has 100 valence electrons. The fourth-order valence-electron chi connectivity index (χ4n) is 2.15. The van der Waals surface area contributed by atoms with E-state index in [1.54, 1.807) is 23.0 Å². The van der Waals surface area contributed by atoms with Crippen molar-refractivity contribution in [1.82, 2.24) is 29.8 Å². The summed E-state index contributed by atoms with van der Waals surface area (Å²) in [5.41, 5.74) is 3.12. The summed E-state index contributed by atoms with van der Waals surface area (Å²) in [5.74, 6) is 0.593. The second-order valence-electron chi connectivity index (χ2n) is 4.45. The number of nitrogens with zero attached hydrogens (tertiary/aromatic N) is 6. The topological polar surface area (TPSA) is 68.9 Å². The van der Waals surface area contributed by atoms with E-state index in [2.05, 4.69) is 25.3 Å². The van der Waals surface area contributed by atoms with E-state index in [-0.39, 0.29) is 0 Å². The predicted octanol–water partition coefficient (Wildman–Crippen LogP) is 2.25. The molecule has 21 heavy (non-hydrogen) atoms. The quantitative estimate of drug-likeness (QED) is 0.560. The molecule has 0 saturated carbocycles. The summed E-state index contributed by atoms with van der Waals surface area (Å²) >= 11 is 0. The summed E-state index contributed by atoms with van der Waals surface area (Å²) in [7, 11) is 0. The third-order valence-corrected chi connectivity index (χ3v) is 3.11. The Morgan fingerprint density at radius 3 is 2.57 bits per heavy atom. The van der Waals surface area contributed by atoms with E-state index in [9.17, 15) is 0 Å². The third kappa shape index (κ3) is 2.02. The van der Waals surface area contributed by atoms with Crippen LogP contribution in [0, 0.1) is 0 Å². The monoisotopic (exact) mass is 274 g/mol. The van der Waals surface area contributed by atoms with Gasteiger partial charge in [0, 0.05) is 18.6 Å². The highest BCUT2D eigenvalue weighted by Gasteiger charge is 2.11. The predicted molar refractivity (Wildman–Crippen MR) is 77.2 cm³/mol. The van der Waals surface area contributed by atoms with Crippen LogP contribution >= 0.6 is 0 Å². The number of hydrogen-bond donors (Lipinski definition) is 0. The maximum Gasteiger partial charge on any atom is 0.178 e. The molecule has 6 heteroatoms. The average molecular weight is 274 g/mol. The zero-order chi connectivity index (χ0) is 14.1. The smallest absolute Gasteiger partial charge is 0.178 e. The minimum atomic E-state index is 0.593. The van der Waals surface area contributed by atoms with E-state index < -0.39 is 0 Å². The lowest BCUT2D eigenvalue weighted by Gasteiger charge is -2.01. The minimum absolute atomic E-state index is 0.593. The van der Waals surface area contributed by atoms with Crippen molar-refractivity contribution in [1.29, 1.82) is 0 Å². The molecule has 0 amide bonds. The first-order valence-corrected chi connectivity index (χ1v) is 6.47. The second kappa shape index (κ2) is 4.75. The van der Waals surface area contributed by atoms with Crippen molar-refractivity contribution in [3.63, 3.8) is 0 Å². The number of pyridine rings is 2. The van der Waals surface area contributed by atoms with Crippen LogP contribution in [0.15, 0.2) is 61.1 Å². The normalized spacial score (nSPS) is 10.9. The molecule has 4 rings (SSSR count). The van der Waals surface area contributed by atoms with Gasteiger partial charge >= 0.3 is 0 Å². The summed E-state index contributed by atoms with van der Waals surface area (Å²) in [6.07, 6.45) is 5.25. The summed E-state index contributed by atoms with van der Waals surface area (Å²) in [6.45, 7) is 0. The highest BCUT2D eigenvalue weighted by molar-refractivity contribution is 5.74. The molecule has 0 fully saturated rings. The number of fused-ring (bicyclic) bond motifs is 1. The molecule has 4 aromatic rings. The van der Waals surface area contributed by atoms with Gasteiger partial charge in [-0.1, -0.05) is 17.3 Å². The van der Waals surface area contributed by atoms with Crippen molar-refractivity contribution < 1.29 is 0 Å². The molecule has 0 N–H and O–H groups in total. The Bertz CT molecular complexity index is 900. The molecule has 0 aromatic carbocycles. The molecule has 4 aromatic heterocycles. The Labute approximate surface area is 120 Å². The highest BCUT2D eigenvalue weighted by Crippen LogP contribution is 2.22. The molecule has 0 aliphatic rings. The second-order valence-corrected chi connectivity index (χ2v) is 4.45. The molecule has 0 spiro atoms. The van der Waals surface area contributed by atoms with E-state index >= 15 is 0 Å². The van der Waals surface area contributed by atoms with Crippen LogP contribution in [-0.4, -0.2) is 29.8 Å². The average Bonchev–Trinajstić information content (AvgIpc) is 3.00. The van der Waals surface area contributed by atoms with Gasteiger partial charge in [-0.2, -0.15) is 0 Å². The standard InChI is InChI=1S/C15H10N6/c1-2-10-21-13(7-1)14(19-20-21)11-5-3-6-12(18-11)15-16-8-4-9-17-15/h1-10H. The molecule has 6 nitrogen and oxygen atoms in total. The SMILES string of the molecule is c1cnc(-c2cccc(-c3nnn4ccccc34)n2)nc1. The van der Waals surface area contributed by atoms with Gasteiger partial charge in [0.15, 0.2) is 5.82 Å². The van der Waals surface area contributed by atoms with Gasteiger partial charge in [0.1, 0.15) is 11.4 Å². The van der Waals surface area contributed by atoms with Gasteiger partial charge in [0.2, 0.25) is 0 Å². The van der Waals surface area contributed by atoms with E-state index in [0.29, 0.717) is 11.5 Å². The van der Waals surface area contributed by atoms with E-state index in [4.69, 9.17) is 0 Å². The zero-order valence-electron chi connectivity index (χ0n) is 11.0. The van der Waals surface area contributed by atoms with Crippen molar-refractivity contribution in [2.45, 2.75) is 0 Å². The molecule has 0 aliphatic heterocycles. The van der Waals surface area contributed by atoms with E-state index in [1.165, 1.54) is 0 Å². The largest absolute Gasteiger partial charge is 0.243 e. The molecule has 0 aliphatic carbocycles. The fraction of sp³-hybridized carbons (Fsp3) is 0. The van der Waals surface area contributed by atoms with Crippen LogP contribution in [0.1, 0.15) is 0 Å². The highest BCUT2D eigenvalue weighted by atomic mass is 15.4. The van der Waals surface area contributed by atoms with Gasteiger partial charge < -0.3 is 0 Å². The van der Waals surface area contributed by atoms with Crippen LogP contribution in [0.2, 0.25) is 0 Å². The van der Waals surface area contributed by atoms with E-state index in [0.717, 1.165) is 16.9 Å². The van der Waals surface area contributed by atoms with Gasteiger partial charge in [0.25, 0.3) is 0 Å². The summed E-state index contributed by atoms with van der Waals surface area (Å²) < 4.78 is 1.72. The number of hydrogen-bond acceptors (Lipinski definition) is 5. The minimum Gasteiger partial charge on any atom is -0.243 e. The van der Waals surface area contributed by atoms with Gasteiger partial charge in [-0.05, 0) is 30.3 Å². The van der Waals surface area contributed by atoms with E-state index in [1.807, 2.05) is 42.6 Å². The first kappa shape index (κ1) is 11.7. The Morgan fingerprint density at radius 1 is 0.810 bits per heavy atom. The fourth-order valence-corrected chi connectivity index (χ4v) is 2.15. The molecule has 0 radical (unpaired) electrons. The van der Waals surface area contributed by atoms with Crippen molar-refractivity contribution in [3.05, 3.63) is 61.1 Å². The maximum absolute atomic E-state index is 4.59. The van der Waals surface area contributed by atoms with Crippen molar-refractivity contribution >= 4 is 5.52 Å². The van der Waals surface area contributed by atoms with Crippen LogP contribution in [0.4, 0.5) is 0 Å². The molecule has 4 heterocycles. The Kier molecular flexibility index (Phi) is 2.64. The summed E-state index contributed by atoms with van der Waals surface area (Å²) in [6, 6.07) is 13.3. The molecule has 0 unspecified atom stereocenters. The first-order valence-electron chi connectivity index (χ1n) is 6.47. The lowest BCUT2D eigenvalue weighted by molar-refractivity contribution is 0.856. The zero-order valence-corrected chi connectivity index (χ0v) is 11.0. The number of rotatable bonds is 2. The lowest BCUT2D eigenvalue weighted by atomic mass is 10.2. The summed E-state index contributed by atoms with van der Waals surface area (Å²) in [5, 5.41) is 8.30. The molecular formula is C15H10N6. The maximum atomic E-state index is 4.59. The first-order chi connectivity index (χ1) is 10.4. The van der Waals surface area contributed by atoms with Gasteiger partial charge in [-0.25, -0.2) is 19.5 Å².